The molecule has 7 heteroatoms. The summed E-state index contributed by atoms with van der Waals surface area (Å²) in [6, 6.07) is 5.97. The van der Waals surface area contributed by atoms with Crippen LogP contribution in [0.2, 0.25) is 0 Å². The van der Waals surface area contributed by atoms with E-state index in [1.807, 2.05) is 0 Å². The van der Waals surface area contributed by atoms with Crippen LogP contribution in [0.15, 0.2) is 40.8 Å². The minimum absolute atomic E-state index is 0. The van der Waals surface area contributed by atoms with Gasteiger partial charge in [0, 0.05) is 24.9 Å². The number of hydrogen-bond donors (Lipinski definition) is 2. The van der Waals surface area contributed by atoms with Crippen molar-refractivity contribution in [2.24, 2.45) is 0 Å². The highest BCUT2D eigenvalue weighted by Crippen LogP contribution is 2.10. The summed E-state index contributed by atoms with van der Waals surface area (Å²) in [6.07, 6.45) is 4.16. The molecule has 0 atom stereocenters. The molecule has 0 unspecified atom stereocenters. The number of sulfone groups is 1. The molecule has 0 bridgehead atoms. The lowest BCUT2D eigenvalue weighted by molar-refractivity contribution is 0.0956. The van der Waals surface area contributed by atoms with Crippen molar-refractivity contribution >= 4 is 28.2 Å². The summed E-state index contributed by atoms with van der Waals surface area (Å²) >= 11 is 0. The third-order valence-corrected chi connectivity index (χ3v) is 4.31. The van der Waals surface area contributed by atoms with Crippen molar-refractivity contribution < 1.29 is 13.2 Å². The fraction of sp³-hybridized carbons (Fsp3) is 0.357. The first-order chi connectivity index (χ1) is 9.47. The number of hydrogen-bond acceptors (Lipinski definition) is 4. The zero-order chi connectivity index (χ0) is 14.6. The van der Waals surface area contributed by atoms with Crippen molar-refractivity contribution in [2.75, 3.05) is 25.9 Å². The van der Waals surface area contributed by atoms with E-state index in [4.69, 9.17) is 0 Å². The molecule has 5 nitrogen and oxygen atoms in total. The van der Waals surface area contributed by atoms with Gasteiger partial charge in [0.1, 0.15) is 0 Å². The highest BCUT2D eigenvalue weighted by molar-refractivity contribution is 7.90. The Morgan fingerprint density at radius 2 is 1.95 bits per heavy atom. The molecule has 0 aromatic heterocycles. The van der Waals surface area contributed by atoms with Crippen LogP contribution in [0.25, 0.3) is 0 Å². The van der Waals surface area contributed by atoms with E-state index in [1.54, 1.807) is 0 Å². The Bertz CT molecular complexity index is 624. The van der Waals surface area contributed by atoms with Gasteiger partial charge in [-0.05, 0) is 37.2 Å². The normalized spacial score (nSPS) is 14.8. The largest absolute Gasteiger partial charge is 0.348 e. The molecule has 2 rings (SSSR count). The van der Waals surface area contributed by atoms with Crippen LogP contribution >= 0.6 is 12.4 Å². The maximum absolute atomic E-state index is 11.9. The van der Waals surface area contributed by atoms with Gasteiger partial charge >= 0.3 is 0 Å². The van der Waals surface area contributed by atoms with Crippen molar-refractivity contribution in [3.63, 3.8) is 0 Å². The van der Waals surface area contributed by atoms with Gasteiger partial charge in [-0.25, -0.2) is 8.42 Å². The lowest BCUT2D eigenvalue weighted by atomic mass is 10.1. The standard InChI is InChI=1S/C14H18N2O3S.ClH/c1-20(18,19)13-4-2-12(3-5-13)14(17)16-10-11-6-8-15-9-7-11;/h2-6,15H,7-10H2,1H3,(H,16,17);1H. The zero-order valence-corrected chi connectivity index (χ0v) is 13.4. The molecule has 0 aliphatic carbocycles. The average molecular weight is 331 g/mol. The van der Waals surface area contributed by atoms with Gasteiger partial charge in [0.05, 0.1) is 4.90 Å². The average Bonchev–Trinajstić information content (AvgIpc) is 2.45. The lowest BCUT2D eigenvalue weighted by Gasteiger charge is -2.14. The second-order valence-electron chi connectivity index (χ2n) is 4.80. The Labute approximate surface area is 131 Å². The SMILES string of the molecule is CS(=O)(=O)c1ccc(C(=O)NCC2=CCNCC2)cc1.Cl. The Hall–Kier alpha value is -1.37. The number of carbonyl (C=O) groups excluding carboxylic acids is 1. The van der Waals surface area contributed by atoms with E-state index in [9.17, 15) is 13.2 Å². The second kappa shape index (κ2) is 7.59. The molecule has 0 radical (unpaired) electrons. The first-order valence-electron chi connectivity index (χ1n) is 6.44. The third kappa shape index (κ3) is 5.15. The molecule has 1 heterocycles. The molecule has 1 aliphatic heterocycles. The highest BCUT2D eigenvalue weighted by Gasteiger charge is 2.10. The fourth-order valence-corrected chi connectivity index (χ4v) is 2.61. The van der Waals surface area contributed by atoms with Crippen LogP contribution in [0, 0.1) is 0 Å². The van der Waals surface area contributed by atoms with E-state index in [-0.39, 0.29) is 23.2 Å². The van der Waals surface area contributed by atoms with E-state index in [0.717, 1.165) is 25.8 Å². The third-order valence-electron chi connectivity index (χ3n) is 3.18. The van der Waals surface area contributed by atoms with Crippen LogP contribution in [0.4, 0.5) is 0 Å². The Morgan fingerprint density at radius 3 is 2.48 bits per heavy atom. The molecule has 1 aromatic carbocycles. The highest BCUT2D eigenvalue weighted by atomic mass is 35.5. The van der Waals surface area contributed by atoms with E-state index >= 15 is 0 Å². The van der Waals surface area contributed by atoms with Crippen molar-refractivity contribution in [2.45, 2.75) is 11.3 Å². The number of carbonyl (C=O) groups is 1. The van der Waals surface area contributed by atoms with Gasteiger partial charge in [0.25, 0.3) is 5.91 Å². The first kappa shape index (κ1) is 17.7. The summed E-state index contributed by atoms with van der Waals surface area (Å²) in [5, 5.41) is 6.05. The van der Waals surface area contributed by atoms with Crippen LogP contribution in [0.1, 0.15) is 16.8 Å². The second-order valence-corrected chi connectivity index (χ2v) is 6.81. The maximum atomic E-state index is 11.9. The summed E-state index contributed by atoms with van der Waals surface area (Å²) < 4.78 is 22.7. The minimum Gasteiger partial charge on any atom is -0.348 e. The summed E-state index contributed by atoms with van der Waals surface area (Å²) in [6.45, 7) is 2.31. The van der Waals surface area contributed by atoms with Gasteiger partial charge in [-0.2, -0.15) is 0 Å². The number of amides is 1. The maximum Gasteiger partial charge on any atom is 0.251 e. The van der Waals surface area contributed by atoms with Crippen LogP contribution in [0.5, 0.6) is 0 Å². The van der Waals surface area contributed by atoms with Gasteiger partial charge in [-0.3, -0.25) is 4.79 Å². The van der Waals surface area contributed by atoms with Crippen LogP contribution < -0.4 is 10.6 Å². The number of nitrogens with one attached hydrogen (secondary N) is 2. The number of halogens is 1. The quantitative estimate of drug-likeness (QED) is 0.812. The number of rotatable bonds is 4. The molecule has 0 spiro atoms. The van der Waals surface area contributed by atoms with E-state index in [2.05, 4.69) is 16.7 Å². The molecule has 21 heavy (non-hydrogen) atoms. The molecule has 1 aliphatic rings. The Kier molecular flexibility index (Phi) is 6.39. The van der Waals surface area contributed by atoms with Crippen LogP contribution in [-0.4, -0.2) is 40.2 Å². The predicted octanol–water partition coefficient (Wildman–Crippen LogP) is 1.16. The molecular weight excluding hydrogens is 312 g/mol. The molecule has 1 aromatic rings. The van der Waals surface area contributed by atoms with Crippen molar-refractivity contribution in [3.05, 3.63) is 41.5 Å². The monoisotopic (exact) mass is 330 g/mol. The molecular formula is C14H19ClN2O3S. The van der Waals surface area contributed by atoms with Gasteiger partial charge in [-0.1, -0.05) is 11.6 Å². The molecule has 0 saturated carbocycles. The van der Waals surface area contributed by atoms with Crippen molar-refractivity contribution in [1.82, 2.24) is 10.6 Å². The molecule has 2 N–H and O–H groups in total. The van der Waals surface area contributed by atoms with Gasteiger partial charge in [-0.15, -0.1) is 12.4 Å². The first-order valence-corrected chi connectivity index (χ1v) is 8.33. The van der Waals surface area contributed by atoms with Gasteiger partial charge < -0.3 is 10.6 Å². The molecule has 0 fully saturated rings. The molecule has 1 amide bonds. The van der Waals surface area contributed by atoms with Crippen LogP contribution in [-0.2, 0) is 9.84 Å². The molecule has 116 valence electrons. The summed E-state index contributed by atoms with van der Waals surface area (Å²) in [4.78, 5) is 12.2. The minimum atomic E-state index is -3.22. The summed E-state index contributed by atoms with van der Waals surface area (Å²) in [5.74, 6) is -0.190. The van der Waals surface area contributed by atoms with Crippen LogP contribution in [0.3, 0.4) is 0 Å². The van der Waals surface area contributed by atoms with E-state index < -0.39 is 9.84 Å². The van der Waals surface area contributed by atoms with Gasteiger partial charge in [0.2, 0.25) is 0 Å². The predicted molar refractivity (Wildman–Crippen MR) is 84.7 cm³/mol. The van der Waals surface area contributed by atoms with Crippen molar-refractivity contribution in [1.29, 1.82) is 0 Å². The molecule has 0 saturated heterocycles. The van der Waals surface area contributed by atoms with Crippen molar-refractivity contribution in [3.8, 4) is 0 Å². The summed E-state index contributed by atoms with van der Waals surface area (Å²) in [5.41, 5.74) is 1.68. The van der Waals surface area contributed by atoms with E-state index in [0.29, 0.717) is 12.1 Å². The van der Waals surface area contributed by atoms with E-state index in [1.165, 1.54) is 29.8 Å². The Balaban J connectivity index is 0.00000220. The summed E-state index contributed by atoms with van der Waals surface area (Å²) in [7, 11) is -3.22. The Morgan fingerprint density at radius 1 is 1.29 bits per heavy atom. The smallest absolute Gasteiger partial charge is 0.251 e. The zero-order valence-electron chi connectivity index (χ0n) is 11.8. The topological polar surface area (TPSA) is 75.3 Å². The number of benzene rings is 1. The fourth-order valence-electron chi connectivity index (χ4n) is 1.98. The van der Waals surface area contributed by atoms with Gasteiger partial charge in [0.15, 0.2) is 9.84 Å². The lowest BCUT2D eigenvalue weighted by Crippen LogP contribution is -2.29.